The fourth-order valence-electron chi connectivity index (χ4n) is 3.53. The summed E-state index contributed by atoms with van der Waals surface area (Å²) in [5, 5.41) is 8.74. The summed E-state index contributed by atoms with van der Waals surface area (Å²) in [6.45, 7) is 7.39. The quantitative estimate of drug-likeness (QED) is 0.610. The van der Waals surface area contributed by atoms with Crippen molar-refractivity contribution in [3.63, 3.8) is 0 Å². The standard InChI is InChI=1S/C21H23BrN4O/c1-2-25-12-14-26(15-13-25)19(16-8-10-18(22)11-9-16)21-24-23-20(27-21)17-6-4-3-5-7-17/h3-11,19H,2,12-15H2,1H3. The number of aromatic nitrogens is 2. The predicted molar refractivity (Wildman–Crippen MR) is 109 cm³/mol. The number of likely N-dealkylation sites (N-methyl/N-ethyl adjacent to an activating group) is 1. The largest absolute Gasteiger partial charge is 0.419 e. The molecule has 0 N–H and O–H groups in total. The molecule has 0 radical (unpaired) electrons. The van der Waals surface area contributed by atoms with Crippen LogP contribution >= 0.6 is 15.9 Å². The van der Waals surface area contributed by atoms with E-state index >= 15 is 0 Å². The topological polar surface area (TPSA) is 45.4 Å². The predicted octanol–water partition coefficient (Wildman–Crippen LogP) is 4.23. The second kappa shape index (κ2) is 8.33. The van der Waals surface area contributed by atoms with Gasteiger partial charge in [-0.15, -0.1) is 10.2 Å². The molecule has 0 saturated carbocycles. The minimum absolute atomic E-state index is 0.0259. The smallest absolute Gasteiger partial charge is 0.247 e. The van der Waals surface area contributed by atoms with Crippen LogP contribution in [0.4, 0.5) is 0 Å². The van der Waals surface area contributed by atoms with E-state index < -0.39 is 0 Å². The lowest BCUT2D eigenvalue weighted by Crippen LogP contribution is -2.47. The highest BCUT2D eigenvalue weighted by atomic mass is 79.9. The van der Waals surface area contributed by atoms with Gasteiger partial charge in [-0.2, -0.15) is 0 Å². The highest BCUT2D eigenvalue weighted by Crippen LogP contribution is 2.31. The summed E-state index contributed by atoms with van der Waals surface area (Å²) in [5.74, 6) is 1.22. The van der Waals surface area contributed by atoms with Gasteiger partial charge in [0.05, 0.1) is 0 Å². The molecule has 6 heteroatoms. The Morgan fingerprint density at radius 3 is 2.33 bits per heavy atom. The summed E-state index contributed by atoms with van der Waals surface area (Å²) in [7, 11) is 0. The molecule has 1 atom stereocenters. The highest BCUT2D eigenvalue weighted by molar-refractivity contribution is 9.10. The van der Waals surface area contributed by atoms with Crippen LogP contribution in [-0.4, -0.2) is 52.7 Å². The molecule has 1 saturated heterocycles. The first kappa shape index (κ1) is 18.3. The number of hydrogen-bond donors (Lipinski definition) is 0. The first-order valence-electron chi connectivity index (χ1n) is 9.35. The van der Waals surface area contributed by atoms with Crippen LogP contribution in [0, 0.1) is 0 Å². The summed E-state index contributed by atoms with van der Waals surface area (Å²) in [4.78, 5) is 4.91. The van der Waals surface area contributed by atoms with Crippen molar-refractivity contribution in [3.05, 3.63) is 70.5 Å². The van der Waals surface area contributed by atoms with Gasteiger partial charge in [0, 0.05) is 36.2 Å². The monoisotopic (exact) mass is 426 g/mol. The van der Waals surface area contributed by atoms with Crippen molar-refractivity contribution in [2.24, 2.45) is 0 Å². The lowest BCUT2D eigenvalue weighted by atomic mass is 10.0. The molecular formula is C21H23BrN4O. The second-order valence-corrected chi connectivity index (χ2v) is 7.65. The molecule has 4 rings (SSSR count). The first-order valence-corrected chi connectivity index (χ1v) is 10.1. The van der Waals surface area contributed by atoms with Gasteiger partial charge in [0.2, 0.25) is 11.8 Å². The maximum Gasteiger partial charge on any atom is 0.247 e. The van der Waals surface area contributed by atoms with E-state index in [0.29, 0.717) is 11.8 Å². The fourth-order valence-corrected chi connectivity index (χ4v) is 3.80. The molecule has 3 aromatic rings. The Kier molecular flexibility index (Phi) is 5.66. The molecule has 140 valence electrons. The van der Waals surface area contributed by atoms with E-state index in [9.17, 15) is 0 Å². The van der Waals surface area contributed by atoms with Crippen LogP contribution < -0.4 is 0 Å². The minimum atomic E-state index is -0.0259. The maximum atomic E-state index is 6.13. The summed E-state index contributed by atoms with van der Waals surface area (Å²) >= 11 is 3.53. The Morgan fingerprint density at radius 2 is 1.67 bits per heavy atom. The number of halogens is 1. The van der Waals surface area contributed by atoms with E-state index in [4.69, 9.17) is 4.42 Å². The SMILES string of the molecule is CCN1CCN(C(c2ccc(Br)cc2)c2nnc(-c3ccccc3)o2)CC1. The van der Waals surface area contributed by atoms with Crippen molar-refractivity contribution in [2.75, 3.05) is 32.7 Å². The molecule has 0 amide bonds. The van der Waals surface area contributed by atoms with E-state index in [0.717, 1.165) is 42.8 Å². The zero-order valence-corrected chi connectivity index (χ0v) is 17.0. The van der Waals surface area contributed by atoms with Gasteiger partial charge in [-0.05, 0) is 36.4 Å². The molecule has 1 unspecified atom stereocenters. The highest BCUT2D eigenvalue weighted by Gasteiger charge is 2.30. The summed E-state index contributed by atoms with van der Waals surface area (Å²) in [6, 6.07) is 18.3. The summed E-state index contributed by atoms with van der Waals surface area (Å²) < 4.78 is 7.20. The lowest BCUT2D eigenvalue weighted by molar-refractivity contribution is 0.103. The average Bonchev–Trinajstić information content (AvgIpc) is 3.20. The normalized spacial score (nSPS) is 17.1. The van der Waals surface area contributed by atoms with Crippen LogP contribution in [0.3, 0.4) is 0 Å². The van der Waals surface area contributed by atoms with Gasteiger partial charge in [0.15, 0.2) is 0 Å². The van der Waals surface area contributed by atoms with Gasteiger partial charge in [0.25, 0.3) is 0 Å². The van der Waals surface area contributed by atoms with E-state index in [1.807, 2.05) is 30.3 Å². The van der Waals surface area contributed by atoms with Crippen molar-refractivity contribution in [3.8, 4) is 11.5 Å². The zero-order valence-electron chi connectivity index (χ0n) is 15.4. The zero-order chi connectivity index (χ0) is 18.6. The third-order valence-corrected chi connectivity index (χ3v) is 5.63. The Hall–Kier alpha value is -2.02. The molecular weight excluding hydrogens is 404 g/mol. The van der Waals surface area contributed by atoms with Crippen LogP contribution in [0.1, 0.15) is 24.4 Å². The third-order valence-electron chi connectivity index (χ3n) is 5.10. The maximum absolute atomic E-state index is 6.13. The number of nitrogens with zero attached hydrogens (tertiary/aromatic N) is 4. The number of piperazine rings is 1. The second-order valence-electron chi connectivity index (χ2n) is 6.74. The van der Waals surface area contributed by atoms with Gasteiger partial charge < -0.3 is 9.32 Å². The fraction of sp³-hybridized carbons (Fsp3) is 0.333. The Labute approximate surface area is 168 Å². The van der Waals surface area contributed by atoms with E-state index in [1.165, 1.54) is 5.56 Å². The molecule has 1 aliphatic rings. The van der Waals surface area contributed by atoms with Crippen molar-refractivity contribution < 1.29 is 4.42 Å². The number of benzene rings is 2. The van der Waals surface area contributed by atoms with Gasteiger partial charge in [-0.1, -0.05) is 53.2 Å². The van der Waals surface area contributed by atoms with Crippen molar-refractivity contribution in [2.45, 2.75) is 13.0 Å². The molecule has 0 bridgehead atoms. The molecule has 27 heavy (non-hydrogen) atoms. The van der Waals surface area contributed by atoms with Gasteiger partial charge in [-0.25, -0.2) is 0 Å². The summed E-state index contributed by atoms with van der Waals surface area (Å²) in [6.07, 6.45) is 0. The van der Waals surface area contributed by atoms with Crippen molar-refractivity contribution in [1.29, 1.82) is 0 Å². The molecule has 0 aliphatic carbocycles. The van der Waals surface area contributed by atoms with Crippen LogP contribution in [0.15, 0.2) is 63.5 Å². The van der Waals surface area contributed by atoms with Crippen LogP contribution in [0.5, 0.6) is 0 Å². The molecule has 5 nitrogen and oxygen atoms in total. The van der Waals surface area contributed by atoms with Crippen LogP contribution in [-0.2, 0) is 0 Å². The van der Waals surface area contributed by atoms with Crippen LogP contribution in [0.2, 0.25) is 0 Å². The minimum Gasteiger partial charge on any atom is -0.419 e. The molecule has 1 fully saturated rings. The van der Waals surface area contributed by atoms with Gasteiger partial charge >= 0.3 is 0 Å². The van der Waals surface area contributed by atoms with Crippen molar-refractivity contribution in [1.82, 2.24) is 20.0 Å². The molecule has 1 aliphatic heterocycles. The number of rotatable bonds is 5. The third kappa shape index (κ3) is 4.13. The Morgan fingerprint density at radius 1 is 0.963 bits per heavy atom. The summed E-state index contributed by atoms with van der Waals surface area (Å²) in [5.41, 5.74) is 2.12. The van der Waals surface area contributed by atoms with Crippen molar-refractivity contribution >= 4 is 15.9 Å². The number of hydrogen-bond acceptors (Lipinski definition) is 5. The first-order chi connectivity index (χ1) is 13.2. The molecule has 0 spiro atoms. The van der Waals surface area contributed by atoms with Gasteiger partial charge in [-0.3, -0.25) is 4.90 Å². The van der Waals surface area contributed by atoms with E-state index in [1.54, 1.807) is 0 Å². The Balaban J connectivity index is 1.66. The van der Waals surface area contributed by atoms with Gasteiger partial charge in [0.1, 0.15) is 6.04 Å². The molecule has 1 aromatic heterocycles. The average molecular weight is 427 g/mol. The molecule has 2 aromatic carbocycles. The van der Waals surface area contributed by atoms with E-state index in [-0.39, 0.29) is 6.04 Å². The van der Waals surface area contributed by atoms with E-state index in [2.05, 4.69) is 67.1 Å². The Bertz CT molecular complexity index is 857. The van der Waals surface area contributed by atoms with Crippen LogP contribution in [0.25, 0.3) is 11.5 Å². The molecule has 2 heterocycles. The lowest BCUT2D eigenvalue weighted by Gasteiger charge is -2.37.